The van der Waals surface area contributed by atoms with E-state index in [1.807, 2.05) is 18.2 Å². The highest BCUT2D eigenvalue weighted by Gasteiger charge is 2.22. The highest BCUT2D eigenvalue weighted by molar-refractivity contribution is 7.89. The summed E-state index contributed by atoms with van der Waals surface area (Å²) >= 11 is 0. The molecule has 0 saturated carbocycles. The fraction of sp³-hybridized carbons (Fsp3) is 0.350. The molecule has 9 heteroatoms. The van der Waals surface area contributed by atoms with Crippen molar-refractivity contribution in [2.75, 3.05) is 37.8 Å². The Kier molecular flexibility index (Phi) is 5.10. The van der Waals surface area contributed by atoms with Gasteiger partial charge in [-0.1, -0.05) is 6.07 Å². The van der Waals surface area contributed by atoms with E-state index >= 15 is 0 Å². The average Bonchev–Trinajstić information content (AvgIpc) is 2.73. The molecule has 3 aromatic rings. The van der Waals surface area contributed by atoms with Gasteiger partial charge in [-0.05, 0) is 43.0 Å². The van der Waals surface area contributed by atoms with E-state index in [4.69, 9.17) is 5.73 Å². The van der Waals surface area contributed by atoms with Crippen LogP contribution in [0.2, 0.25) is 0 Å². The fourth-order valence-electron chi connectivity index (χ4n) is 3.60. The number of hydrogen-bond donors (Lipinski definition) is 1. The predicted octanol–water partition coefficient (Wildman–Crippen LogP) is 2.51. The number of nitrogen functional groups attached to an aromatic ring is 1. The first-order valence-corrected chi connectivity index (χ1v) is 11.0. The Morgan fingerprint density at radius 3 is 2.48 bits per heavy atom. The Morgan fingerprint density at radius 2 is 1.76 bits per heavy atom. The van der Waals surface area contributed by atoms with Gasteiger partial charge in [0.25, 0.3) is 0 Å². The van der Waals surface area contributed by atoms with Crippen LogP contribution in [0.15, 0.2) is 41.7 Å². The van der Waals surface area contributed by atoms with Gasteiger partial charge in [-0.3, -0.25) is 0 Å². The highest BCUT2D eigenvalue weighted by atomic mass is 32.2. The minimum Gasteiger partial charge on any atom is -0.383 e. The first kappa shape index (κ1) is 19.5. The van der Waals surface area contributed by atoms with Gasteiger partial charge in [0.2, 0.25) is 10.0 Å². The van der Waals surface area contributed by atoms with Crippen molar-refractivity contribution in [3.8, 4) is 11.1 Å². The zero-order chi connectivity index (χ0) is 20.6. The molecule has 1 aliphatic rings. The van der Waals surface area contributed by atoms with E-state index < -0.39 is 10.0 Å². The summed E-state index contributed by atoms with van der Waals surface area (Å²) in [6.45, 7) is 1.95. The molecule has 2 aromatic heterocycles. The Bertz CT molecular complexity index is 1160. The molecule has 2 N–H and O–H groups in total. The molecule has 0 aliphatic carbocycles. The number of nitrogens with two attached hydrogens (primary N) is 1. The largest absolute Gasteiger partial charge is 0.383 e. The molecule has 0 unspecified atom stereocenters. The number of nitrogens with zero attached hydrogens (tertiary/aromatic N) is 5. The van der Waals surface area contributed by atoms with Gasteiger partial charge in [0, 0.05) is 44.3 Å². The van der Waals surface area contributed by atoms with Crippen molar-refractivity contribution in [2.45, 2.75) is 24.2 Å². The first-order valence-electron chi connectivity index (χ1n) is 9.56. The van der Waals surface area contributed by atoms with E-state index in [-0.39, 0.29) is 10.7 Å². The Hall–Kier alpha value is -2.78. The minimum atomic E-state index is -3.69. The number of piperidine rings is 1. The van der Waals surface area contributed by atoms with Gasteiger partial charge in [0.1, 0.15) is 22.9 Å². The van der Waals surface area contributed by atoms with Gasteiger partial charge in [0.15, 0.2) is 0 Å². The molecule has 0 atom stereocenters. The SMILES string of the molecule is CN(C)S(=O)(=O)c1cc(-c2ccc3ncnc(N4CCCCC4)c3c2)cnc1N. The molecule has 1 fully saturated rings. The molecule has 0 spiro atoms. The maximum Gasteiger partial charge on any atom is 0.246 e. The van der Waals surface area contributed by atoms with Crippen LogP contribution in [0.4, 0.5) is 11.6 Å². The second-order valence-corrected chi connectivity index (χ2v) is 9.49. The quantitative estimate of drug-likeness (QED) is 0.702. The van der Waals surface area contributed by atoms with E-state index in [1.54, 1.807) is 18.6 Å². The van der Waals surface area contributed by atoms with Crippen LogP contribution >= 0.6 is 0 Å². The van der Waals surface area contributed by atoms with Crippen molar-refractivity contribution in [3.63, 3.8) is 0 Å². The van der Waals surface area contributed by atoms with Crippen LogP contribution in [0.1, 0.15) is 19.3 Å². The van der Waals surface area contributed by atoms with Crippen LogP contribution in [0.25, 0.3) is 22.0 Å². The summed E-state index contributed by atoms with van der Waals surface area (Å²) in [5.74, 6) is 0.904. The molecule has 1 aliphatic heterocycles. The predicted molar refractivity (Wildman–Crippen MR) is 114 cm³/mol. The summed E-state index contributed by atoms with van der Waals surface area (Å²) in [5, 5.41) is 0.945. The number of rotatable bonds is 4. The molecule has 0 amide bonds. The Morgan fingerprint density at radius 1 is 1.00 bits per heavy atom. The third-order valence-electron chi connectivity index (χ3n) is 5.24. The fourth-order valence-corrected chi connectivity index (χ4v) is 4.58. The second-order valence-electron chi connectivity index (χ2n) is 7.37. The van der Waals surface area contributed by atoms with Crippen LogP contribution < -0.4 is 10.6 Å². The van der Waals surface area contributed by atoms with Crippen LogP contribution in [0, 0.1) is 0 Å². The van der Waals surface area contributed by atoms with Gasteiger partial charge in [-0.15, -0.1) is 0 Å². The summed E-state index contributed by atoms with van der Waals surface area (Å²) in [5.41, 5.74) is 8.23. The van der Waals surface area contributed by atoms with E-state index in [2.05, 4.69) is 19.9 Å². The lowest BCUT2D eigenvalue weighted by molar-refractivity contribution is 0.521. The third kappa shape index (κ3) is 3.63. The number of benzene rings is 1. The van der Waals surface area contributed by atoms with Crippen LogP contribution in [0.3, 0.4) is 0 Å². The number of anilines is 2. The van der Waals surface area contributed by atoms with Crippen molar-refractivity contribution in [1.29, 1.82) is 0 Å². The molecule has 0 bridgehead atoms. The third-order valence-corrected chi connectivity index (χ3v) is 7.09. The van der Waals surface area contributed by atoms with Crippen LogP contribution in [0.5, 0.6) is 0 Å². The molecule has 0 radical (unpaired) electrons. The maximum absolute atomic E-state index is 12.6. The molecule has 152 valence electrons. The van der Waals surface area contributed by atoms with Crippen molar-refractivity contribution < 1.29 is 8.42 Å². The van der Waals surface area contributed by atoms with Crippen molar-refractivity contribution >= 4 is 32.6 Å². The van der Waals surface area contributed by atoms with Gasteiger partial charge in [-0.25, -0.2) is 27.7 Å². The standard InChI is InChI=1S/C20H24N6O2S/c1-25(2)29(27,28)18-11-15(12-22-19(18)21)14-6-7-17-16(10-14)20(24-13-23-17)26-8-4-3-5-9-26/h6-7,10-13H,3-5,8-9H2,1-2H3,(H2,21,22). The number of sulfonamides is 1. The molecular formula is C20H24N6O2S. The van der Waals surface area contributed by atoms with Crippen molar-refractivity contribution in [2.24, 2.45) is 0 Å². The summed E-state index contributed by atoms with van der Waals surface area (Å²) in [6, 6.07) is 7.41. The maximum atomic E-state index is 12.6. The molecule has 8 nitrogen and oxygen atoms in total. The van der Waals surface area contributed by atoms with E-state index in [0.717, 1.165) is 52.5 Å². The molecule has 4 rings (SSSR count). The van der Waals surface area contributed by atoms with E-state index in [0.29, 0.717) is 5.56 Å². The van der Waals surface area contributed by atoms with Gasteiger partial charge in [-0.2, -0.15) is 0 Å². The van der Waals surface area contributed by atoms with Crippen molar-refractivity contribution in [1.82, 2.24) is 19.3 Å². The summed E-state index contributed by atoms with van der Waals surface area (Å²) in [7, 11) is -0.749. The van der Waals surface area contributed by atoms with E-state index in [1.165, 1.54) is 20.5 Å². The van der Waals surface area contributed by atoms with Gasteiger partial charge in [0.05, 0.1) is 5.52 Å². The van der Waals surface area contributed by atoms with Crippen molar-refractivity contribution in [3.05, 3.63) is 36.8 Å². The smallest absolute Gasteiger partial charge is 0.246 e. The highest BCUT2D eigenvalue weighted by Crippen LogP contribution is 2.31. The lowest BCUT2D eigenvalue weighted by atomic mass is 10.0. The molecule has 29 heavy (non-hydrogen) atoms. The lowest BCUT2D eigenvalue weighted by Crippen LogP contribution is -2.30. The van der Waals surface area contributed by atoms with Gasteiger partial charge < -0.3 is 10.6 Å². The number of hydrogen-bond acceptors (Lipinski definition) is 7. The lowest BCUT2D eigenvalue weighted by Gasteiger charge is -2.28. The molecular weight excluding hydrogens is 388 g/mol. The van der Waals surface area contributed by atoms with Crippen LogP contribution in [-0.2, 0) is 10.0 Å². The molecule has 1 saturated heterocycles. The van der Waals surface area contributed by atoms with Gasteiger partial charge >= 0.3 is 0 Å². The normalized spacial score (nSPS) is 15.2. The number of fused-ring (bicyclic) bond motifs is 1. The number of pyridine rings is 1. The molecule has 3 heterocycles. The first-order chi connectivity index (χ1) is 13.9. The summed E-state index contributed by atoms with van der Waals surface area (Å²) < 4.78 is 26.3. The summed E-state index contributed by atoms with van der Waals surface area (Å²) in [4.78, 5) is 15.3. The minimum absolute atomic E-state index is 0.000614. The Balaban J connectivity index is 1.83. The average molecular weight is 413 g/mol. The monoisotopic (exact) mass is 412 g/mol. The topological polar surface area (TPSA) is 105 Å². The summed E-state index contributed by atoms with van der Waals surface area (Å²) in [6.07, 6.45) is 6.73. The zero-order valence-corrected chi connectivity index (χ0v) is 17.4. The Labute approximate surface area is 170 Å². The number of aromatic nitrogens is 3. The van der Waals surface area contributed by atoms with Crippen LogP contribution in [-0.4, -0.2) is 54.9 Å². The van der Waals surface area contributed by atoms with E-state index in [9.17, 15) is 8.42 Å². The molecule has 1 aromatic carbocycles. The second kappa shape index (κ2) is 7.57. The zero-order valence-electron chi connectivity index (χ0n) is 16.5.